The first-order chi connectivity index (χ1) is 13.6. The van der Waals surface area contributed by atoms with E-state index in [0.29, 0.717) is 0 Å². The smallest absolute Gasteiger partial charge is 0.321 e. The highest BCUT2D eigenvalue weighted by atomic mass is 31.1. The van der Waals surface area contributed by atoms with Crippen molar-refractivity contribution in [2.45, 2.75) is 57.4 Å². The van der Waals surface area contributed by atoms with Crippen LogP contribution in [0, 0.1) is 0 Å². The Labute approximate surface area is 169 Å². The van der Waals surface area contributed by atoms with Gasteiger partial charge in [0.1, 0.15) is 13.2 Å². The van der Waals surface area contributed by atoms with Crippen LogP contribution in [0.3, 0.4) is 0 Å². The normalized spacial score (nSPS) is 21.0. The molecule has 2 aromatic rings. The first kappa shape index (κ1) is 21.1. The van der Waals surface area contributed by atoms with E-state index >= 15 is 0 Å². The third-order valence-corrected chi connectivity index (χ3v) is 6.07. The second-order valence-electron chi connectivity index (χ2n) is 7.84. The molecule has 1 aliphatic rings. The molecule has 2 aromatic carbocycles. The predicted molar refractivity (Wildman–Crippen MR) is 114 cm³/mol. The van der Waals surface area contributed by atoms with Gasteiger partial charge < -0.3 is 5.73 Å². The first-order valence-electron chi connectivity index (χ1n) is 10.3. The van der Waals surface area contributed by atoms with Crippen molar-refractivity contribution in [2.24, 2.45) is 5.73 Å². The third kappa shape index (κ3) is 6.22. The van der Waals surface area contributed by atoms with E-state index in [1.54, 1.807) is 0 Å². The number of hydrogen-bond acceptors (Lipinski definition) is 4. The van der Waals surface area contributed by atoms with Crippen LogP contribution in [-0.2, 0) is 26.5 Å². The zero-order valence-corrected chi connectivity index (χ0v) is 17.6. The van der Waals surface area contributed by atoms with Gasteiger partial charge in [0.25, 0.3) is 0 Å². The standard InChI is InChI=1S/C23H31NO3P/c1-2-3-4-5-6-19-7-11-21(12-8-19)22-13-9-20(10-14-22)15-16-23(24)17-26-28(25)27-18-23/h7-14H,2-6,15-18,24H2,1H3/q+1. The summed E-state index contributed by atoms with van der Waals surface area (Å²) in [5, 5.41) is 0. The van der Waals surface area contributed by atoms with E-state index in [-0.39, 0.29) is 13.2 Å². The van der Waals surface area contributed by atoms with Gasteiger partial charge in [0.15, 0.2) is 0 Å². The minimum Gasteiger partial charge on any atom is -0.321 e. The first-order valence-corrected chi connectivity index (χ1v) is 11.4. The maximum atomic E-state index is 11.1. The highest BCUT2D eigenvalue weighted by Crippen LogP contribution is 2.33. The lowest BCUT2D eigenvalue weighted by molar-refractivity contribution is 0.0797. The summed E-state index contributed by atoms with van der Waals surface area (Å²) in [7, 11) is -1.98. The molecule has 0 unspecified atom stereocenters. The van der Waals surface area contributed by atoms with E-state index in [0.717, 1.165) is 12.8 Å². The molecule has 4 nitrogen and oxygen atoms in total. The summed E-state index contributed by atoms with van der Waals surface area (Å²) < 4.78 is 21.3. The van der Waals surface area contributed by atoms with Gasteiger partial charge in [0.2, 0.25) is 0 Å². The second kappa shape index (κ2) is 10.3. The number of rotatable bonds is 9. The molecule has 5 heteroatoms. The number of hydrogen-bond donors (Lipinski definition) is 1. The number of aryl methyl sites for hydroxylation is 2. The van der Waals surface area contributed by atoms with E-state index in [2.05, 4.69) is 55.5 Å². The van der Waals surface area contributed by atoms with Gasteiger partial charge in [-0.1, -0.05) is 74.7 Å². The average Bonchev–Trinajstić information content (AvgIpc) is 2.73. The lowest BCUT2D eigenvalue weighted by Gasteiger charge is -2.26. The van der Waals surface area contributed by atoms with Crippen molar-refractivity contribution in [3.63, 3.8) is 0 Å². The lowest BCUT2D eigenvalue weighted by Crippen LogP contribution is -2.50. The van der Waals surface area contributed by atoms with Crippen molar-refractivity contribution >= 4 is 8.25 Å². The Morgan fingerprint density at radius 3 is 1.93 bits per heavy atom. The second-order valence-corrected chi connectivity index (χ2v) is 8.80. The molecule has 0 atom stereocenters. The van der Waals surface area contributed by atoms with Crippen LogP contribution >= 0.6 is 8.25 Å². The summed E-state index contributed by atoms with van der Waals surface area (Å²) in [4.78, 5) is 0. The lowest BCUT2D eigenvalue weighted by atomic mass is 9.93. The molecule has 0 saturated carbocycles. The number of unbranched alkanes of at least 4 members (excludes halogenated alkanes) is 3. The van der Waals surface area contributed by atoms with Crippen molar-refractivity contribution in [2.75, 3.05) is 13.2 Å². The Kier molecular flexibility index (Phi) is 7.75. The molecular formula is C23H31NO3P+. The average molecular weight is 400 g/mol. The SMILES string of the molecule is CCCCCCc1ccc(-c2ccc(CCC3(N)CO[P+](=O)OC3)cc2)cc1. The highest BCUT2D eigenvalue weighted by molar-refractivity contribution is 7.33. The molecule has 0 aromatic heterocycles. The highest BCUT2D eigenvalue weighted by Gasteiger charge is 2.40. The Morgan fingerprint density at radius 2 is 1.39 bits per heavy atom. The van der Waals surface area contributed by atoms with Crippen LogP contribution in [0.2, 0.25) is 0 Å². The van der Waals surface area contributed by atoms with E-state index in [1.807, 2.05) is 0 Å². The fourth-order valence-corrected chi connectivity index (χ4v) is 4.26. The van der Waals surface area contributed by atoms with Gasteiger partial charge in [-0.3, -0.25) is 0 Å². The van der Waals surface area contributed by atoms with Gasteiger partial charge in [-0.15, -0.1) is 9.05 Å². The summed E-state index contributed by atoms with van der Waals surface area (Å²) in [6.45, 7) is 2.81. The molecule has 1 saturated heterocycles. The van der Waals surface area contributed by atoms with E-state index in [1.165, 1.54) is 54.4 Å². The summed E-state index contributed by atoms with van der Waals surface area (Å²) in [5.74, 6) is 0. The van der Waals surface area contributed by atoms with Crippen LogP contribution < -0.4 is 5.73 Å². The quantitative estimate of drug-likeness (QED) is 0.426. The minimum absolute atomic E-state index is 0.283. The van der Waals surface area contributed by atoms with Crippen molar-refractivity contribution in [3.8, 4) is 11.1 Å². The van der Waals surface area contributed by atoms with Crippen LogP contribution in [0.25, 0.3) is 11.1 Å². The van der Waals surface area contributed by atoms with Crippen molar-refractivity contribution in [1.29, 1.82) is 0 Å². The zero-order valence-electron chi connectivity index (χ0n) is 16.7. The molecule has 150 valence electrons. The van der Waals surface area contributed by atoms with Crippen LogP contribution in [0.15, 0.2) is 48.5 Å². The van der Waals surface area contributed by atoms with Gasteiger partial charge in [-0.05, 0) is 47.9 Å². The van der Waals surface area contributed by atoms with Crippen LogP contribution in [0.1, 0.15) is 50.2 Å². The molecule has 0 bridgehead atoms. The van der Waals surface area contributed by atoms with Crippen LogP contribution in [0.5, 0.6) is 0 Å². The molecule has 1 aliphatic heterocycles. The van der Waals surface area contributed by atoms with Crippen LogP contribution in [-0.4, -0.2) is 18.8 Å². The predicted octanol–water partition coefficient (Wildman–Crippen LogP) is 5.81. The Hall–Kier alpha value is -1.58. The summed E-state index contributed by atoms with van der Waals surface area (Å²) in [5.41, 5.74) is 10.8. The number of nitrogens with two attached hydrogens (primary N) is 1. The van der Waals surface area contributed by atoms with Crippen molar-refractivity contribution in [1.82, 2.24) is 0 Å². The molecule has 1 fully saturated rings. The zero-order chi connectivity index (χ0) is 19.8. The van der Waals surface area contributed by atoms with Gasteiger partial charge in [-0.25, -0.2) is 0 Å². The van der Waals surface area contributed by atoms with E-state index in [4.69, 9.17) is 14.8 Å². The molecule has 0 amide bonds. The fraction of sp³-hybridized carbons (Fsp3) is 0.478. The van der Waals surface area contributed by atoms with E-state index < -0.39 is 13.8 Å². The molecule has 28 heavy (non-hydrogen) atoms. The Bertz CT molecular complexity index is 748. The Morgan fingerprint density at radius 1 is 0.857 bits per heavy atom. The van der Waals surface area contributed by atoms with Crippen molar-refractivity contribution < 1.29 is 13.6 Å². The molecule has 0 radical (unpaired) electrons. The maximum absolute atomic E-state index is 11.1. The molecular weight excluding hydrogens is 369 g/mol. The molecule has 1 heterocycles. The molecule has 3 rings (SSSR count). The largest absolute Gasteiger partial charge is 0.697 e. The van der Waals surface area contributed by atoms with Crippen LogP contribution in [0.4, 0.5) is 0 Å². The summed E-state index contributed by atoms with van der Waals surface area (Å²) in [6.07, 6.45) is 7.96. The Balaban J connectivity index is 1.51. The van der Waals surface area contributed by atoms with Crippen molar-refractivity contribution in [3.05, 3.63) is 59.7 Å². The van der Waals surface area contributed by atoms with Gasteiger partial charge in [-0.2, -0.15) is 0 Å². The van der Waals surface area contributed by atoms with Gasteiger partial charge in [0, 0.05) is 4.57 Å². The topological polar surface area (TPSA) is 61.5 Å². The minimum atomic E-state index is -1.98. The molecule has 2 N–H and O–H groups in total. The molecule has 0 aliphatic carbocycles. The summed E-state index contributed by atoms with van der Waals surface area (Å²) >= 11 is 0. The van der Waals surface area contributed by atoms with Gasteiger partial charge in [0.05, 0.1) is 5.54 Å². The maximum Gasteiger partial charge on any atom is 0.697 e. The van der Waals surface area contributed by atoms with Gasteiger partial charge >= 0.3 is 8.25 Å². The molecule has 0 spiro atoms. The number of benzene rings is 2. The van der Waals surface area contributed by atoms with E-state index in [9.17, 15) is 4.57 Å². The monoisotopic (exact) mass is 400 g/mol. The fourth-order valence-electron chi connectivity index (χ4n) is 3.46. The summed E-state index contributed by atoms with van der Waals surface area (Å²) in [6, 6.07) is 17.6. The third-order valence-electron chi connectivity index (χ3n) is 5.39.